The monoisotopic (exact) mass is 357 g/mol. The number of aryl methyl sites for hydroxylation is 2. The summed E-state index contributed by atoms with van der Waals surface area (Å²) in [6.45, 7) is 17.4. The molecule has 0 saturated carbocycles. The highest BCUT2D eigenvalue weighted by molar-refractivity contribution is 5.32. The van der Waals surface area contributed by atoms with E-state index >= 15 is 0 Å². The van der Waals surface area contributed by atoms with Crippen LogP contribution in [0.5, 0.6) is 0 Å². The van der Waals surface area contributed by atoms with Crippen LogP contribution in [-0.4, -0.2) is 10.9 Å². The van der Waals surface area contributed by atoms with Crippen LogP contribution in [0.15, 0.2) is 48.2 Å². The maximum atomic E-state index is 14.6. The second kappa shape index (κ2) is 11.0. The first-order valence-corrected chi connectivity index (χ1v) is 9.82. The van der Waals surface area contributed by atoms with Gasteiger partial charge in [0.1, 0.15) is 5.82 Å². The Kier molecular flexibility index (Phi) is 9.40. The van der Waals surface area contributed by atoms with Gasteiger partial charge in [0, 0.05) is 23.8 Å². The second-order valence-electron chi connectivity index (χ2n) is 7.23. The van der Waals surface area contributed by atoms with Gasteiger partial charge in [0.05, 0.1) is 0 Å². The molecule has 0 spiro atoms. The summed E-state index contributed by atoms with van der Waals surface area (Å²) in [6, 6.07) is 4.08. The smallest absolute Gasteiger partial charge is 0.128 e. The maximum absolute atomic E-state index is 14.6. The van der Waals surface area contributed by atoms with Crippen molar-refractivity contribution in [1.82, 2.24) is 4.90 Å². The summed E-state index contributed by atoms with van der Waals surface area (Å²) >= 11 is 0. The van der Waals surface area contributed by atoms with E-state index in [0.717, 1.165) is 48.1 Å². The zero-order valence-electron chi connectivity index (χ0n) is 17.5. The van der Waals surface area contributed by atoms with Crippen LogP contribution in [-0.2, 0) is 6.54 Å². The van der Waals surface area contributed by atoms with E-state index in [9.17, 15) is 4.39 Å². The second-order valence-corrected chi connectivity index (χ2v) is 7.23. The predicted octanol–water partition coefficient (Wildman–Crippen LogP) is 7.25. The van der Waals surface area contributed by atoms with Crippen molar-refractivity contribution in [2.45, 2.75) is 79.8 Å². The zero-order valence-corrected chi connectivity index (χ0v) is 17.5. The molecule has 0 amide bonds. The molecule has 0 saturated heterocycles. The number of halogens is 1. The average molecular weight is 358 g/mol. The van der Waals surface area contributed by atoms with E-state index < -0.39 is 0 Å². The van der Waals surface area contributed by atoms with Crippen LogP contribution in [0.2, 0.25) is 0 Å². The van der Waals surface area contributed by atoms with Crippen molar-refractivity contribution < 1.29 is 4.39 Å². The molecule has 0 heterocycles. The fraction of sp³-hybridized carbons (Fsp3) is 0.500. The summed E-state index contributed by atoms with van der Waals surface area (Å²) in [7, 11) is 0. The lowest BCUT2D eigenvalue weighted by molar-refractivity contribution is 0.217. The number of nitrogens with zero attached hydrogens (tertiary/aromatic N) is 1. The zero-order chi connectivity index (χ0) is 19.7. The first kappa shape index (κ1) is 22.2. The Labute approximate surface area is 160 Å². The molecule has 1 nitrogen and oxygen atoms in total. The molecule has 0 bridgehead atoms. The van der Waals surface area contributed by atoms with E-state index in [-0.39, 0.29) is 5.82 Å². The van der Waals surface area contributed by atoms with Gasteiger partial charge in [0.25, 0.3) is 0 Å². The van der Waals surface area contributed by atoms with Gasteiger partial charge in [-0.25, -0.2) is 4.39 Å². The highest BCUT2D eigenvalue weighted by Crippen LogP contribution is 2.26. The predicted molar refractivity (Wildman–Crippen MR) is 113 cm³/mol. The molecule has 1 aromatic rings. The molecule has 0 radical (unpaired) electrons. The van der Waals surface area contributed by atoms with Crippen molar-refractivity contribution in [3.05, 3.63) is 70.7 Å². The lowest BCUT2D eigenvalue weighted by Gasteiger charge is -2.35. The summed E-state index contributed by atoms with van der Waals surface area (Å²) in [5.74, 6) is -0.101. The Morgan fingerprint density at radius 1 is 1.27 bits per heavy atom. The van der Waals surface area contributed by atoms with Gasteiger partial charge < -0.3 is 4.90 Å². The van der Waals surface area contributed by atoms with Crippen molar-refractivity contribution in [1.29, 1.82) is 0 Å². The molecule has 0 fully saturated rings. The van der Waals surface area contributed by atoms with Crippen LogP contribution in [0.25, 0.3) is 0 Å². The topological polar surface area (TPSA) is 3.24 Å². The number of allylic oxidation sites excluding steroid dienone is 5. The normalized spacial score (nSPS) is 13.3. The van der Waals surface area contributed by atoms with E-state index in [1.807, 2.05) is 20.8 Å². The van der Waals surface area contributed by atoms with Crippen LogP contribution < -0.4 is 0 Å². The van der Waals surface area contributed by atoms with Crippen LogP contribution in [0.3, 0.4) is 0 Å². The SMILES string of the molecule is C=C(CC)N(Cc1c(C)cc(C)cc1F)C(CC)CC/C(C)=C/C=C\C. The molecule has 0 aromatic heterocycles. The number of hydrogen-bond donors (Lipinski definition) is 0. The van der Waals surface area contributed by atoms with Gasteiger partial charge in [0.2, 0.25) is 0 Å². The maximum Gasteiger partial charge on any atom is 0.128 e. The Hall–Kier alpha value is -1.83. The molecule has 0 aliphatic carbocycles. The molecule has 0 aliphatic heterocycles. The molecular weight excluding hydrogens is 321 g/mol. The third-order valence-corrected chi connectivity index (χ3v) is 5.06. The Morgan fingerprint density at radius 3 is 2.50 bits per heavy atom. The van der Waals surface area contributed by atoms with Gasteiger partial charge in [0.15, 0.2) is 0 Å². The van der Waals surface area contributed by atoms with E-state index in [0.29, 0.717) is 12.6 Å². The van der Waals surface area contributed by atoms with E-state index in [2.05, 4.69) is 56.5 Å². The molecule has 1 aromatic carbocycles. The van der Waals surface area contributed by atoms with Crippen molar-refractivity contribution in [2.75, 3.05) is 0 Å². The molecule has 0 aliphatic rings. The number of benzene rings is 1. The minimum atomic E-state index is -0.101. The van der Waals surface area contributed by atoms with Gasteiger partial charge in [-0.15, -0.1) is 0 Å². The van der Waals surface area contributed by atoms with Crippen LogP contribution in [0, 0.1) is 19.7 Å². The summed E-state index contributed by atoms with van der Waals surface area (Å²) in [6.07, 6.45) is 10.3. The lowest BCUT2D eigenvalue weighted by atomic mass is 9.99. The van der Waals surface area contributed by atoms with Crippen molar-refractivity contribution >= 4 is 0 Å². The van der Waals surface area contributed by atoms with Crippen molar-refractivity contribution in [3.63, 3.8) is 0 Å². The molecule has 1 atom stereocenters. The van der Waals surface area contributed by atoms with Gasteiger partial charge in [-0.3, -0.25) is 0 Å². The van der Waals surface area contributed by atoms with Crippen molar-refractivity contribution in [2.24, 2.45) is 0 Å². The summed E-state index contributed by atoms with van der Waals surface area (Å²) in [5.41, 5.74) is 5.26. The first-order valence-electron chi connectivity index (χ1n) is 9.82. The van der Waals surface area contributed by atoms with Crippen molar-refractivity contribution in [3.8, 4) is 0 Å². The lowest BCUT2D eigenvalue weighted by Crippen LogP contribution is -2.34. The molecule has 144 valence electrons. The quantitative estimate of drug-likeness (QED) is 0.399. The molecule has 26 heavy (non-hydrogen) atoms. The minimum Gasteiger partial charge on any atom is -0.368 e. The van der Waals surface area contributed by atoms with Gasteiger partial charge in [-0.05, 0) is 70.6 Å². The van der Waals surface area contributed by atoms with Crippen LogP contribution >= 0.6 is 0 Å². The highest BCUT2D eigenvalue weighted by Gasteiger charge is 2.20. The minimum absolute atomic E-state index is 0.101. The standard InChI is InChI=1S/C24H36FN/c1-8-11-12-18(4)13-14-22(10-3)26(21(7)9-2)17-23-20(6)15-19(5)16-24(23)25/h8,11-12,15-16,22H,7,9-10,13-14,17H2,1-6H3/b11-8-,18-12+. The highest BCUT2D eigenvalue weighted by atomic mass is 19.1. The molecular formula is C24H36FN. The first-order chi connectivity index (χ1) is 12.3. The molecule has 1 rings (SSSR count). The Balaban J connectivity index is 3.02. The number of rotatable bonds is 10. The summed E-state index contributed by atoms with van der Waals surface area (Å²) in [4.78, 5) is 2.32. The van der Waals surface area contributed by atoms with Gasteiger partial charge in [-0.2, -0.15) is 0 Å². The number of hydrogen-bond acceptors (Lipinski definition) is 1. The fourth-order valence-corrected chi connectivity index (χ4v) is 3.34. The van der Waals surface area contributed by atoms with Gasteiger partial charge >= 0.3 is 0 Å². The third kappa shape index (κ3) is 6.48. The average Bonchev–Trinajstić information content (AvgIpc) is 2.60. The third-order valence-electron chi connectivity index (χ3n) is 5.06. The molecule has 0 N–H and O–H groups in total. The summed E-state index contributed by atoms with van der Waals surface area (Å²) in [5, 5.41) is 0. The fourth-order valence-electron chi connectivity index (χ4n) is 3.34. The van der Waals surface area contributed by atoms with Crippen LogP contribution in [0.4, 0.5) is 4.39 Å². The largest absolute Gasteiger partial charge is 0.368 e. The molecule has 2 heteroatoms. The Morgan fingerprint density at radius 2 is 1.96 bits per heavy atom. The van der Waals surface area contributed by atoms with E-state index in [1.54, 1.807) is 6.07 Å². The van der Waals surface area contributed by atoms with E-state index in [4.69, 9.17) is 0 Å². The van der Waals surface area contributed by atoms with E-state index in [1.165, 1.54) is 5.57 Å². The molecule has 1 unspecified atom stereocenters. The summed E-state index contributed by atoms with van der Waals surface area (Å²) < 4.78 is 14.6. The van der Waals surface area contributed by atoms with Gasteiger partial charge in [-0.1, -0.05) is 50.3 Å². The Bertz CT molecular complexity index is 631. The van der Waals surface area contributed by atoms with Crippen LogP contribution in [0.1, 0.15) is 70.1 Å².